The molecule has 0 spiro atoms. The maximum Gasteiger partial charge on any atom is 0.220 e. The molecule has 0 aromatic carbocycles. The molecule has 0 radical (unpaired) electrons. The number of carbonyl (C=O) groups excluding carboxylic acids is 1. The van der Waals surface area contributed by atoms with Crippen molar-refractivity contribution in [3.8, 4) is 0 Å². The summed E-state index contributed by atoms with van der Waals surface area (Å²) >= 11 is 0. The maximum atomic E-state index is 12.3. The molecule has 4 nitrogen and oxygen atoms in total. The third kappa shape index (κ3) is 33.0. The number of allylic oxidation sites excluding steroid dienone is 11. The molecule has 0 aliphatic heterocycles. The van der Waals surface area contributed by atoms with Gasteiger partial charge in [-0.1, -0.05) is 145 Å². The molecule has 2 unspecified atom stereocenters. The first-order chi connectivity index (χ1) is 22.2. The number of aliphatic hydroxyl groups excluding tert-OH is 2. The fourth-order valence-corrected chi connectivity index (χ4v) is 4.98. The predicted molar refractivity (Wildman–Crippen MR) is 197 cm³/mol. The Morgan fingerprint density at radius 3 is 1.49 bits per heavy atom. The molecule has 2 atom stereocenters. The molecule has 258 valence electrons. The highest BCUT2D eigenvalue weighted by Gasteiger charge is 2.17. The van der Waals surface area contributed by atoms with Crippen molar-refractivity contribution in [2.75, 3.05) is 6.61 Å². The Balaban J connectivity index is 3.75. The van der Waals surface area contributed by atoms with Gasteiger partial charge in [-0.3, -0.25) is 4.79 Å². The van der Waals surface area contributed by atoms with Crippen molar-refractivity contribution in [1.29, 1.82) is 0 Å². The number of amides is 1. The lowest BCUT2D eigenvalue weighted by Crippen LogP contribution is -2.45. The molecule has 45 heavy (non-hydrogen) atoms. The van der Waals surface area contributed by atoms with Gasteiger partial charge in [0, 0.05) is 6.42 Å². The molecule has 0 fully saturated rings. The van der Waals surface area contributed by atoms with Gasteiger partial charge in [-0.25, -0.2) is 0 Å². The Hall–Kier alpha value is -2.17. The first kappa shape index (κ1) is 42.8. The van der Waals surface area contributed by atoms with Gasteiger partial charge in [0.15, 0.2) is 0 Å². The quantitative estimate of drug-likeness (QED) is 0.0514. The van der Waals surface area contributed by atoms with E-state index in [2.05, 4.69) is 79.9 Å². The van der Waals surface area contributed by atoms with E-state index in [1.54, 1.807) is 6.08 Å². The average Bonchev–Trinajstić information content (AvgIpc) is 3.04. The number of hydrogen-bond acceptors (Lipinski definition) is 3. The summed E-state index contributed by atoms with van der Waals surface area (Å²) in [6.07, 6.45) is 51.2. The summed E-state index contributed by atoms with van der Waals surface area (Å²) in [6.45, 7) is 4.21. The lowest BCUT2D eigenvalue weighted by molar-refractivity contribution is -0.123. The molecule has 0 aromatic rings. The Bertz CT molecular complexity index is 808. The van der Waals surface area contributed by atoms with E-state index in [-0.39, 0.29) is 12.5 Å². The Morgan fingerprint density at radius 2 is 0.933 bits per heavy atom. The lowest BCUT2D eigenvalue weighted by Gasteiger charge is -2.19. The standard InChI is InChI=1S/C41H71NO3/c1-3-5-7-9-11-13-15-17-19-20-21-22-23-25-27-29-31-33-35-37-41(45)42-39(38-43)40(44)36-34-32-30-28-26-24-18-16-14-12-10-8-6-4-2/h11,13-14,16-17,19,21-22,26,28,34,36,39-40,43-44H,3-10,12,15,18,20,23-25,27,29-33,35,37-38H2,1-2H3,(H,42,45)/b13-11-,16-14+,19-17-,22-21-,28-26+,36-34+. The molecule has 0 aromatic heterocycles. The fraction of sp³-hybridized carbons (Fsp3) is 0.683. The summed E-state index contributed by atoms with van der Waals surface area (Å²) in [6, 6.07) is -0.654. The zero-order valence-electron chi connectivity index (χ0n) is 29.4. The van der Waals surface area contributed by atoms with Crippen LogP contribution >= 0.6 is 0 Å². The molecule has 1 amide bonds. The largest absolute Gasteiger partial charge is 0.394 e. The smallest absolute Gasteiger partial charge is 0.220 e. The van der Waals surface area contributed by atoms with Gasteiger partial charge in [0.05, 0.1) is 18.8 Å². The van der Waals surface area contributed by atoms with Crippen LogP contribution in [0.5, 0.6) is 0 Å². The first-order valence-electron chi connectivity index (χ1n) is 18.7. The first-order valence-corrected chi connectivity index (χ1v) is 18.7. The van der Waals surface area contributed by atoms with Crippen LogP contribution in [0.4, 0.5) is 0 Å². The SMILES string of the molecule is CCCCC/C=C\C/C=C\C/C=C\CCCCCCCCC(=O)NC(CO)C(O)/C=C/CC/C=C/CC/C=C/CCCCCC. The van der Waals surface area contributed by atoms with Crippen molar-refractivity contribution in [2.45, 2.75) is 174 Å². The van der Waals surface area contributed by atoms with Gasteiger partial charge in [-0.2, -0.15) is 0 Å². The number of aliphatic hydroxyl groups is 2. The van der Waals surface area contributed by atoms with Crippen LogP contribution in [0.3, 0.4) is 0 Å². The third-order valence-corrected chi connectivity index (χ3v) is 7.89. The van der Waals surface area contributed by atoms with Gasteiger partial charge >= 0.3 is 0 Å². The van der Waals surface area contributed by atoms with Gasteiger partial charge in [-0.15, -0.1) is 0 Å². The second kappa shape index (κ2) is 36.3. The Kier molecular flexibility index (Phi) is 34.5. The van der Waals surface area contributed by atoms with Crippen molar-refractivity contribution in [3.05, 3.63) is 72.9 Å². The summed E-state index contributed by atoms with van der Waals surface area (Å²) < 4.78 is 0. The number of hydrogen-bond donors (Lipinski definition) is 3. The van der Waals surface area contributed by atoms with Gasteiger partial charge < -0.3 is 15.5 Å². The molecule has 0 saturated heterocycles. The second-order valence-electron chi connectivity index (χ2n) is 12.3. The monoisotopic (exact) mass is 626 g/mol. The van der Waals surface area contributed by atoms with Crippen molar-refractivity contribution < 1.29 is 15.0 Å². The van der Waals surface area contributed by atoms with Crippen LogP contribution in [0.2, 0.25) is 0 Å². The molecular weight excluding hydrogens is 554 g/mol. The number of unbranched alkanes of at least 4 members (excludes halogenated alkanes) is 15. The van der Waals surface area contributed by atoms with E-state index in [1.165, 1.54) is 77.0 Å². The van der Waals surface area contributed by atoms with Crippen LogP contribution in [0.25, 0.3) is 0 Å². The minimum atomic E-state index is -0.877. The zero-order valence-corrected chi connectivity index (χ0v) is 29.4. The van der Waals surface area contributed by atoms with Gasteiger partial charge in [0.25, 0.3) is 0 Å². The number of nitrogens with one attached hydrogen (secondary N) is 1. The van der Waals surface area contributed by atoms with Crippen LogP contribution in [-0.4, -0.2) is 34.9 Å². The zero-order chi connectivity index (χ0) is 32.9. The average molecular weight is 626 g/mol. The van der Waals surface area contributed by atoms with Gasteiger partial charge in [-0.05, 0) is 83.5 Å². The molecule has 0 bridgehead atoms. The van der Waals surface area contributed by atoms with Crippen LogP contribution < -0.4 is 5.32 Å². The van der Waals surface area contributed by atoms with E-state index in [0.717, 1.165) is 64.2 Å². The van der Waals surface area contributed by atoms with E-state index in [0.29, 0.717) is 6.42 Å². The van der Waals surface area contributed by atoms with E-state index in [4.69, 9.17) is 0 Å². The molecule has 0 aliphatic rings. The van der Waals surface area contributed by atoms with Crippen LogP contribution in [0, 0.1) is 0 Å². The summed E-state index contributed by atoms with van der Waals surface area (Å²) in [7, 11) is 0. The Morgan fingerprint density at radius 1 is 0.533 bits per heavy atom. The second-order valence-corrected chi connectivity index (χ2v) is 12.3. The minimum Gasteiger partial charge on any atom is -0.394 e. The van der Waals surface area contributed by atoms with E-state index < -0.39 is 12.1 Å². The molecule has 4 heteroatoms. The van der Waals surface area contributed by atoms with Crippen molar-refractivity contribution in [3.63, 3.8) is 0 Å². The van der Waals surface area contributed by atoms with Crippen molar-refractivity contribution >= 4 is 5.91 Å². The van der Waals surface area contributed by atoms with Crippen LogP contribution in [0.1, 0.15) is 162 Å². The third-order valence-electron chi connectivity index (χ3n) is 7.89. The van der Waals surface area contributed by atoms with Crippen LogP contribution in [-0.2, 0) is 4.79 Å². The summed E-state index contributed by atoms with van der Waals surface area (Å²) in [5, 5.41) is 22.8. The number of rotatable bonds is 32. The molecule has 0 rings (SSSR count). The summed E-state index contributed by atoms with van der Waals surface area (Å²) in [4.78, 5) is 12.3. The van der Waals surface area contributed by atoms with E-state index in [9.17, 15) is 15.0 Å². The van der Waals surface area contributed by atoms with Crippen molar-refractivity contribution in [1.82, 2.24) is 5.32 Å². The highest BCUT2D eigenvalue weighted by Crippen LogP contribution is 2.10. The summed E-state index contributed by atoms with van der Waals surface area (Å²) in [5.41, 5.74) is 0. The van der Waals surface area contributed by atoms with E-state index in [1.807, 2.05) is 6.08 Å². The van der Waals surface area contributed by atoms with Gasteiger partial charge in [0.2, 0.25) is 5.91 Å². The minimum absolute atomic E-state index is 0.0957. The highest BCUT2D eigenvalue weighted by molar-refractivity contribution is 5.76. The molecule has 0 aliphatic carbocycles. The highest BCUT2D eigenvalue weighted by atomic mass is 16.3. The maximum absolute atomic E-state index is 12.3. The summed E-state index contributed by atoms with van der Waals surface area (Å²) in [5.74, 6) is -0.0957. The molecular formula is C41H71NO3. The Labute approximate surface area is 278 Å². The molecule has 0 heterocycles. The molecule has 0 saturated carbocycles. The topological polar surface area (TPSA) is 69.6 Å². The van der Waals surface area contributed by atoms with Crippen LogP contribution in [0.15, 0.2) is 72.9 Å². The number of carbonyl (C=O) groups is 1. The van der Waals surface area contributed by atoms with E-state index >= 15 is 0 Å². The lowest BCUT2D eigenvalue weighted by atomic mass is 10.1. The van der Waals surface area contributed by atoms with Crippen molar-refractivity contribution in [2.24, 2.45) is 0 Å². The predicted octanol–water partition coefficient (Wildman–Crippen LogP) is 11.2. The van der Waals surface area contributed by atoms with Gasteiger partial charge in [0.1, 0.15) is 0 Å². The fourth-order valence-electron chi connectivity index (χ4n) is 4.98. The molecule has 3 N–H and O–H groups in total. The normalized spacial score (nSPS) is 14.0.